The standard InChI is InChI=1S/C21H21Cl2F3N6O2/c1-13-2-4-15(34-13)11-27-18-28-19(30-20(29-18)33-12-21(24,25)26)32-8-6-31(7-9-32)14-3-5-16(22)17(23)10-14/h2-5,10H,6-9,11-12H2,1H3,(H,27,28,29,30). The van der Waals surface area contributed by atoms with E-state index in [1.807, 2.05) is 17.9 Å². The van der Waals surface area contributed by atoms with Crippen molar-refractivity contribution in [1.82, 2.24) is 15.0 Å². The number of aryl methyl sites for hydroxylation is 1. The van der Waals surface area contributed by atoms with Crippen LogP contribution in [0.3, 0.4) is 0 Å². The highest BCUT2D eigenvalue weighted by molar-refractivity contribution is 6.42. The van der Waals surface area contributed by atoms with E-state index in [4.69, 9.17) is 32.4 Å². The maximum atomic E-state index is 12.7. The van der Waals surface area contributed by atoms with Crippen LogP contribution < -0.4 is 19.9 Å². The lowest BCUT2D eigenvalue weighted by Gasteiger charge is -2.36. The zero-order chi connectivity index (χ0) is 24.3. The molecule has 1 N–H and O–H groups in total. The van der Waals surface area contributed by atoms with Crippen molar-refractivity contribution in [2.24, 2.45) is 0 Å². The Morgan fingerprint density at radius 2 is 1.74 bits per heavy atom. The van der Waals surface area contributed by atoms with Crippen LogP contribution in [-0.2, 0) is 6.54 Å². The van der Waals surface area contributed by atoms with Gasteiger partial charge in [-0.2, -0.15) is 28.1 Å². The number of aromatic nitrogens is 3. The molecule has 0 aliphatic carbocycles. The van der Waals surface area contributed by atoms with Gasteiger partial charge in [-0.25, -0.2) is 0 Å². The fraction of sp³-hybridized carbons (Fsp3) is 0.381. The van der Waals surface area contributed by atoms with E-state index < -0.39 is 18.8 Å². The number of hydrogen-bond donors (Lipinski definition) is 1. The SMILES string of the molecule is Cc1ccc(CNc2nc(OCC(F)(F)F)nc(N3CCN(c4ccc(Cl)c(Cl)c4)CC3)n2)o1. The Morgan fingerprint density at radius 3 is 2.38 bits per heavy atom. The summed E-state index contributed by atoms with van der Waals surface area (Å²) in [6.07, 6.45) is -4.52. The zero-order valence-electron chi connectivity index (χ0n) is 18.1. The maximum absolute atomic E-state index is 12.7. The average Bonchev–Trinajstić information content (AvgIpc) is 3.23. The minimum Gasteiger partial charge on any atom is -0.465 e. The van der Waals surface area contributed by atoms with Gasteiger partial charge >= 0.3 is 12.2 Å². The lowest BCUT2D eigenvalue weighted by molar-refractivity contribution is -0.154. The van der Waals surface area contributed by atoms with Crippen LogP contribution in [0.2, 0.25) is 10.0 Å². The van der Waals surface area contributed by atoms with Gasteiger partial charge in [0.15, 0.2) is 6.61 Å². The highest BCUT2D eigenvalue weighted by atomic mass is 35.5. The second kappa shape index (κ2) is 10.1. The minimum absolute atomic E-state index is 0.0862. The van der Waals surface area contributed by atoms with Crippen LogP contribution in [0.1, 0.15) is 11.5 Å². The van der Waals surface area contributed by atoms with Gasteiger partial charge in [0.2, 0.25) is 11.9 Å². The molecule has 1 aromatic carbocycles. The van der Waals surface area contributed by atoms with Crippen molar-refractivity contribution >= 4 is 40.8 Å². The van der Waals surface area contributed by atoms with Crippen molar-refractivity contribution in [2.45, 2.75) is 19.6 Å². The molecule has 0 radical (unpaired) electrons. The Balaban J connectivity index is 1.48. The van der Waals surface area contributed by atoms with E-state index in [9.17, 15) is 13.2 Å². The number of rotatable bonds is 7. The first-order valence-corrected chi connectivity index (χ1v) is 11.1. The fourth-order valence-corrected chi connectivity index (χ4v) is 3.66. The van der Waals surface area contributed by atoms with E-state index >= 15 is 0 Å². The van der Waals surface area contributed by atoms with Gasteiger partial charge in [-0.1, -0.05) is 23.2 Å². The third kappa shape index (κ3) is 6.35. The van der Waals surface area contributed by atoms with E-state index in [-0.39, 0.29) is 18.4 Å². The molecule has 3 heterocycles. The first kappa shape index (κ1) is 24.2. The van der Waals surface area contributed by atoms with Crippen molar-refractivity contribution < 1.29 is 22.3 Å². The molecule has 1 fully saturated rings. The second-order valence-corrected chi connectivity index (χ2v) is 8.40. The third-order valence-electron chi connectivity index (χ3n) is 5.02. The quantitative estimate of drug-likeness (QED) is 0.472. The number of alkyl halides is 3. The van der Waals surface area contributed by atoms with Crippen LogP contribution in [0.5, 0.6) is 6.01 Å². The Labute approximate surface area is 203 Å². The van der Waals surface area contributed by atoms with Crippen LogP contribution in [0.25, 0.3) is 0 Å². The van der Waals surface area contributed by atoms with Gasteiger partial charge in [-0.15, -0.1) is 0 Å². The van der Waals surface area contributed by atoms with Crippen LogP contribution in [0, 0.1) is 6.92 Å². The van der Waals surface area contributed by atoms with Crippen LogP contribution in [0.4, 0.5) is 30.8 Å². The third-order valence-corrected chi connectivity index (χ3v) is 5.75. The molecule has 4 rings (SSSR count). The number of hydrogen-bond acceptors (Lipinski definition) is 8. The van der Waals surface area contributed by atoms with Gasteiger partial charge in [0.1, 0.15) is 11.5 Å². The van der Waals surface area contributed by atoms with Crippen molar-refractivity contribution in [1.29, 1.82) is 0 Å². The number of halogens is 5. The highest BCUT2D eigenvalue weighted by Gasteiger charge is 2.29. The van der Waals surface area contributed by atoms with E-state index in [1.165, 1.54) is 0 Å². The molecule has 1 aliphatic rings. The highest BCUT2D eigenvalue weighted by Crippen LogP contribution is 2.28. The Kier molecular flexibility index (Phi) is 7.22. The smallest absolute Gasteiger partial charge is 0.422 e. The van der Waals surface area contributed by atoms with Crippen molar-refractivity contribution in [2.75, 3.05) is 47.9 Å². The summed E-state index contributed by atoms with van der Waals surface area (Å²) in [6, 6.07) is 8.60. The van der Waals surface area contributed by atoms with Crippen LogP contribution in [0.15, 0.2) is 34.7 Å². The summed E-state index contributed by atoms with van der Waals surface area (Å²) in [5, 5.41) is 3.90. The van der Waals surface area contributed by atoms with Crippen LogP contribution >= 0.6 is 23.2 Å². The fourth-order valence-electron chi connectivity index (χ4n) is 3.37. The molecule has 0 unspecified atom stereocenters. The molecular weight excluding hydrogens is 496 g/mol. The lowest BCUT2D eigenvalue weighted by Crippen LogP contribution is -2.47. The summed E-state index contributed by atoms with van der Waals surface area (Å²) >= 11 is 12.1. The number of anilines is 3. The Bertz CT molecular complexity index is 1140. The number of nitrogens with zero attached hydrogens (tertiary/aromatic N) is 5. The largest absolute Gasteiger partial charge is 0.465 e. The summed E-state index contributed by atoms with van der Waals surface area (Å²) in [6.45, 7) is 2.86. The number of nitrogens with one attached hydrogen (secondary N) is 1. The molecule has 8 nitrogen and oxygen atoms in total. The predicted molar refractivity (Wildman–Crippen MR) is 123 cm³/mol. The minimum atomic E-state index is -4.52. The number of piperazine rings is 1. The van der Waals surface area contributed by atoms with E-state index in [1.54, 1.807) is 24.3 Å². The Morgan fingerprint density at radius 1 is 1.00 bits per heavy atom. The summed E-state index contributed by atoms with van der Waals surface area (Å²) in [7, 11) is 0. The van der Waals surface area contributed by atoms with Crippen molar-refractivity contribution in [3.05, 3.63) is 51.9 Å². The van der Waals surface area contributed by atoms with Gasteiger partial charge < -0.3 is 24.3 Å². The van der Waals surface area contributed by atoms with Crippen molar-refractivity contribution in [3.63, 3.8) is 0 Å². The van der Waals surface area contributed by atoms with Crippen LogP contribution in [-0.4, -0.2) is 53.9 Å². The first-order chi connectivity index (χ1) is 16.2. The van der Waals surface area contributed by atoms with Gasteiger partial charge in [-0.05, 0) is 37.3 Å². The molecule has 1 aliphatic heterocycles. The van der Waals surface area contributed by atoms with Gasteiger partial charge in [0, 0.05) is 31.9 Å². The molecule has 0 spiro atoms. The zero-order valence-corrected chi connectivity index (χ0v) is 19.6. The second-order valence-electron chi connectivity index (χ2n) is 7.58. The maximum Gasteiger partial charge on any atom is 0.422 e. The molecule has 13 heteroatoms. The molecule has 34 heavy (non-hydrogen) atoms. The van der Waals surface area contributed by atoms with E-state index in [0.29, 0.717) is 42.0 Å². The summed E-state index contributed by atoms with van der Waals surface area (Å²) in [5.74, 6) is 1.68. The summed E-state index contributed by atoms with van der Waals surface area (Å²) in [5.41, 5.74) is 0.926. The molecule has 2 aromatic heterocycles. The molecule has 0 amide bonds. The lowest BCUT2D eigenvalue weighted by atomic mass is 10.2. The molecular formula is C21H21Cl2F3N6O2. The number of furan rings is 1. The van der Waals surface area contributed by atoms with Gasteiger partial charge in [-0.3, -0.25) is 0 Å². The van der Waals surface area contributed by atoms with Gasteiger partial charge in [0.25, 0.3) is 0 Å². The predicted octanol–water partition coefficient (Wildman–Crippen LogP) is 4.96. The molecule has 0 bridgehead atoms. The Hall–Kier alpha value is -2.92. The monoisotopic (exact) mass is 516 g/mol. The first-order valence-electron chi connectivity index (χ1n) is 10.4. The molecule has 182 valence electrons. The molecule has 1 saturated heterocycles. The van der Waals surface area contributed by atoms with Crippen molar-refractivity contribution in [3.8, 4) is 6.01 Å². The molecule has 0 saturated carbocycles. The van der Waals surface area contributed by atoms with E-state index in [2.05, 4.69) is 25.2 Å². The number of benzene rings is 1. The topological polar surface area (TPSA) is 79.6 Å². The molecule has 0 atom stereocenters. The average molecular weight is 517 g/mol. The normalized spacial score (nSPS) is 14.4. The van der Waals surface area contributed by atoms with E-state index in [0.717, 1.165) is 11.4 Å². The molecule has 3 aromatic rings. The summed E-state index contributed by atoms with van der Waals surface area (Å²) in [4.78, 5) is 16.4. The van der Waals surface area contributed by atoms with Gasteiger partial charge in [0.05, 0.1) is 16.6 Å². The number of ether oxygens (including phenoxy) is 1. The summed E-state index contributed by atoms with van der Waals surface area (Å²) < 4.78 is 48.3.